The van der Waals surface area contributed by atoms with Gasteiger partial charge in [0, 0.05) is 70.7 Å². The van der Waals surface area contributed by atoms with E-state index >= 15 is 0 Å². The summed E-state index contributed by atoms with van der Waals surface area (Å²) in [5.74, 6) is 14.0. The summed E-state index contributed by atoms with van der Waals surface area (Å²) in [6, 6.07) is 0. The Kier molecular flexibility index (Phi) is 14.9. The van der Waals surface area contributed by atoms with Gasteiger partial charge in [-0.05, 0) is 175 Å². The minimum Gasteiger partial charge on any atom is -0.239 e. The SMILES string of the molecule is CC.CC.CC(C)(CC1CC2CC1C1C3C=CC(C3)C21)SOO.CC(C)(CC1CC2CC1C1C3CCC(C3)C21)SOO.[V].[V]. The zero-order valence-corrected chi connectivity index (χ0v) is 33.2. The molecular formula is C36H62O4S2V2. The van der Waals surface area contributed by atoms with Crippen molar-refractivity contribution in [3.63, 3.8) is 0 Å². The van der Waals surface area contributed by atoms with Crippen LogP contribution < -0.4 is 0 Å². The van der Waals surface area contributed by atoms with Crippen molar-refractivity contribution < 1.29 is 56.3 Å². The maximum absolute atomic E-state index is 8.71. The molecule has 8 bridgehead atoms. The van der Waals surface area contributed by atoms with E-state index in [1.54, 1.807) is 12.8 Å². The van der Waals surface area contributed by atoms with Crippen LogP contribution in [0.15, 0.2) is 12.2 Å². The van der Waals surface area contributed by atoms with Crippen molar-refractivity contribution in [2.24, 2.45) is 82.9 Å². The molecule has 2 radical (unpaired) electrons. The number of allylic oxidation sites excluding steroid dienone is 2. The first-order valence-electron chi connectivity index (χ1n) is 17.8. The molecule has 0 aromatic rings. The summed E-state index contributed by atoms with van der Waals surface area (Å²) in [4.78, 5) is 0. The fraction of sp³-hybridized carbons (Fsp3) is 0.944. The largest absolute Gasteiger partial charge is 0.239 e. The van der Waals surface area contributed by atoms with Gasteiger partial charge in [-0.3, -0.25) is 0 Å². The summed E-state index contributed by atoms with van der Waals surface area (Å²) in [6.07, 6.45) is 19.4. The monoisotopic (exact) mass is 724 g/mol. The molecule has 0 aliphatic heterocycles. The average Bonchev–Trinajstić information content (AvgIpc) is 3.81. The van der Waals surface area contributed by atoms with E-state index in [2.05, 4.69) is 48.5 Å². The summed E-state index contributed by atoms with van der Waals surface area (Å²) in [5.41, 5.74) is 0. The summed E-state index contributed by atoms with van der Waals surface area (Å²) < 4.78 is 8.78. The van der Waals surface area contributed by atoms with Crippen molar-refractivity contribution in [2.45, 2.75) is 129 Å². The molecule has 7 fully saturated rings. The van der Waals surface area contributed by atoms with E-state index in [9.17, 15) is 0 Å². The second-order valence-electron chi connectivity index (χ2n) is 16.1. The Labute approximate surface area is 302 Å². The van der Waals surface area contributed by atoms with Crippen molar-refractivity contribution >= 4 is 24.1 Å². The molecule has 0 aromatic carbocycles. The maximum Gasteiger partial charge on any atom is 0.0400 e. The molecule has 0 heterocycles. The Morgan fingerprint density at radius 2 is 1.00 bits per heavy atom. The van der Waals surface area contributed by atoms with Gasteiger partial charge in [0.1, 0.15) is 0 Å². The maximum atomic E-state index is 8.71. The third-order valence-electron chi connectivity index (χ3n) is 13.3. The van der Waals surface area contributed by atoms with Crippen molar-refractivity contribution in [1.82, 2.24) is 0 Å². The molecule has 252 valence electrons. The molecule has 8 aliphatic rings. The van der Waals surface area contributed by atoms with E-state index in [4.69, 9.17) is 10.5 Å². The van der Waals surface area contributed by atoms with Gasteiger partial charge in [0.15, 0.2) is 0 Å². The molecule has 8 rings (SSSR count). The van der Waals surface area contributed by atoms with Crippen molar-refractivity contribution in [2.75, 3.05) is 0 Å². The van der Waals surface area contributed by atoms with Gasteiger partial charge in [-0.25, -0.2) is 10.5 Å². The van der Waals surface area contributed by atoms with Crippen molar-refractivity contribution in [1.29, 1.82) is 0 Å². The molecule has 8 heteroatoms. The van der Waals surface area contributed by atoms with Crippen LogP contribution in [0.2, 0.25) is 0 Å². The van der Waals surface area contributed by atoms with E-state index in [0.29, 0.717) is 0 Å². The summed E-state index contributed by atoms with van der Waals surface area (Å²) >= 11 is 2.47. The van der Waals surface area contributed by atoms with E-state index in [1.165, 1.54) is 75.5 Å². The Balaban J connectivity index is 0.000000208. The Bertz CT molecular complexity index is 934. The molecule has 14 unspecified atom stereocenters. The molecule has 14 atom stereocenters. The first-order valence-corrected chi connectivity index (χ1v) is 19.3. The molecule has 4 nitrogen and oxygen atoms in total. The molecule has 8 aliphatic carbocycles. The summed E-state index contributed by atoms with van der Waals surface area (Å²) in [7, 11) is 0. The normalized spacial score (nSPS) is 44.0. The molecule has 2 N–H and O–H groups in total. The zero-order valence-electron chi connectivity index (χ0n) is 28.7. The van der Waals surface area contributed by atoms with Crippen molar-refractivity contribution in [3.8, 4) is 0 Å². The van der Waals surface area contributed by atoms with Crippen LogP contribution in [0.1, 0.15) is 120 Å². The first-order chi connectivity index (χ1) is 20.2. The number of fused-ring (bicyclic) bond motifs is 18. The molecular weight excluding hydrogens is 662 g/mol. The van der Waals surface area contributed by atoms with Gasteiger partial charge in [-0.1, -0.05) is 39.8 Å². The van der Waals surface area contributed by atoms with Crippen LogP contribution in [0.3, 0.4) is 0 Å². The van der Waals surface area contributed by atoms with Crippen molar-refractivity contribution in [3.05, 3.63) is 12.2 Å². The minimum atomic E-state index is 0. The quantitative estimate of drug-likeness (QED) is 0.0855. The van der Waals surface area contributed by atoms with Gasteiger partial charge in [0.25, 0.3) is 0 Å². The Morgan fingerprint density at radius 3 is 1.50 bits per heavy atom. The van der Waals surface area contributed by atoms with E-state index < -0.39 is 0 Å². The van der Waals surface area contributed by atoms with E-state index in [1.807, 2.05) is 27.7 Å². The third kappa shape index (κ3) is 7.61. The van der Waals surface area contributed by atoms with Crippen LogP contribution >= 0.6 is 24.1 Å². The predicted molar refractivity (Wildman–Crippen MR) is 178 cm³/mol. The molecule has 0 saturated heterocycles. The summed E-state index contributed by atoms with van der Waals surface area (Å²) in [6.45, 7) is 16.8. The molecule has 0 spiro atoms. The van der Waals surface area contributed by atoms with Gasteiger partial charge < -0.3 is 0 Å². The van der Waals surface area contributed by atoms with E-state index in [0.717, 1.165) is 82.9 Å². The number of rotatable bonds is 8. The topological polar surface area (TPSA) is 58.9 Å². The molecule has 0 aromatic heterocycles. The third-order valence-corrected chi connectivity index (χ3v) is 14.7. The Hall–Kier alpha value is 1.45. The number of hydrogen-bond donors (Lipinski definition) is 2. The Morgan fingerprint density at radius 1 is 0.568 bits per heavy atom. The standard InChI is InChI=1S/C16H26O2S.C16H24O2S.2C2H6.2V/c2*1-16(2,19-18-17)8-12-6-11-7-13(12)15-10-4-3-9(5-10)14(11)15;2*1-2;;/h9-15,17H,3-8H2,1-2H3;3-4,9-15,17H,5-8H2,1-2H3;2*1-2H3;;. The van der Waals surface area contributed by atoms with Gasteiger partial charge >= 0.3 is 0 Å². The molecule has 0 amide bonds. The average molecular weight is 725 g/mol. The molecule has 7 saturated carbocycles. The van der Waals surface area contributed by atoms with Crippen LogP contribution in [0, 0.1) is 82.9 Å². The van der Waals surface area contributed by atoms with Crippen LogP contribution in [0.5, 0.6) is 0 Å². The van der Waals surface area contributed by atoms with E-state index in [-0.39, 0.29) is 46.6 Å². The van der Waals surface area contributed by atoms with Crippen LogP contribution in [0.25, 0.3) is 0 Å². The fourth-order valence-electron chi connectivity index (χ4n) is 12.9. The first kappa shape index (κ1) is 39.9. The predicted octanol–water partition coefficient (Wildman–Crippen LogP) is 11.0. The van der Waals surface area contributed by atoms with Crippen LogP contribution in [-0.2, 0) is 45.8 Å². The minimum absolute atomic E-state index is 0. The van der Waals surface area contributed by atoms with Gasteiger partial charge in [-0.15, -0.1) is 0 Å². The fourth-order valence-corrected chi connectivity index (χ4v) is 13.8. The summed E-state index contributed by atoms with van der Waals surface area (Å²) in [5, 5.41) is 17.4. The van der Waals surface area contributed by atoms with Gasteiger partial charge in [0.2, 0.25) is 0 Å². The second kappa shape index (κ2) is 16.4. The van der Waals surface area contributed by atoms with Gasteiger partial charge in [0.05, 0.1) is 0 Å². The number of hydrogen-bond acceptors (Lipinski definition) is 6. The van der Waals surface area contributed by atoms with Crippen LogP contribution in [-0.4, -0.2) is 20.0 Å². The second-order valence-corrected chi connectivity index (χ2v) is 19.0. The zero-order chi connectivity index (χ0) is 30.4. The van der Waals surface area contributed by atoms with Crippen LogP contribution in [0.4, 0.5) is 0 Å². The molecule has 44 heavy (non-hydrogen) atoms. The smallest absolute Gasteiger partial charge is 0.0400 e. The van der Waals surface area contributed by atoms with Gasteiger partial charge in [-0.2, -0.15) is 8.67 Å².